The highest BCUT2D eigenvalue weighted by Crippen LogP contribution is 2.40. The van der Waals surface area contributed by atoms with Gasteiger partial charge in [-0.3, -0.25) is 4.79 Å². The molecule has 40 heavy (non-hydrogen) atoms. The van der Waals surface area contributed by atoms with Crippen molar-refractivity contribution < 1.29 is 27.8 Å². The molecule has 2 bridgehead atoms. The second-order valence-corrected chi connectivity index (χ2v) is 11.7. The fraction of sp³-hybridized carbons (Fsp3) is 0.379. The molecule has 2 aliphatic rings. The van der Waals surface area contributed by atoms with Gasteiger partial charge >= 0.3 is 6.09 Å². The van der Waals surface area contributed by atoms with E-state index >= 15 is 4.39 Å². The monoisotopic (exact) mass is 614 g/mol. The summed E-state index contributed by atoms with van der Waals surface area (Å²) in [7, 11) is 1.41. The summed E-state index contributed by atoms with van der Waals surface area (Å²) in [6.45, 7) is 6.28. The van der Waals surface area contributed by atoms with E-state index in [0.717, 1.165) is 0 Å². The number of amides is 1. The highest BCUT2D eigenvalue weighted by molar-refractivity contribution is 9.10. The van der Waals surface area contributed by atoms with Crippen LogP contribution in [-0.2, 0) is 11.2 Å². The number of carbonyl (C=O) groups excluding carboxylic acids is 2. The summed E-state index contributed by atoms with van der Waals surface area (Å²) in [6.07, 6.45) is 1.55. The summed E-state index contributed by atoms with van der Waals surface area (Å²) in [4.78, 5) is 38.2. The van der Waals surface area contributed by atoms with E-state index < -0.39 is 17.2 Å². The first kappa shape index (κ1) is 27.9. The van der Waals surface area contributed by atoms with Gasteiger partial charge in [0.2, 0.25) is 0 Å². The summed E-state index contributed by atoms with van der Waals surface area (Å²) in [5.41, 5.74) is 0.331. The van der Waals surface area contributed by atoms with Crippen molar-refractivity contribution >= 4 is 33.5 Å². The Balaban J connectivity index is 1.40. The number of hydrogen-bond acceptors (Lipinski definition) is 7. The second-order valence-electron chi connectivity index (χ2n) is 10.9. The average Bonchev–Trinajstić information content (AvgIpc) is 3.51. The number of aromatic nitrogens is 2. The van der Waals surface area contributed by atoms with Crippen LogP contribution in [0.3, 0.4) is 0 Å². The molecule has 1 amide bonds. The molecule has 0 aliphatic carbocycles. The number of piperazine rings is 1. The van der Waals surface area contributed by atoms with Crippen molar-refractivity contribution in [1.29, 1.82) is 0 Å². The minimum Gasteiger partial charge on any atom is -0.496 e. The van der Waals surface area contributed by atoms with Gasteiger partial charge in [0.25, 0.3) is 0 Å². The zero-order chi connectivity index (χ0) is 28.8. The molecule has 0 unspecified atom stereocenters. The molecule has 2 fully saturated rings. The number of methoxy groups -OCH3 is 1. The quantitative estimate of drug-likeness (QED) is 0.324. The first-order valence-electron chi connectivity index (χ1n) is 12.9. The average molecular weight is 615 g/mol. The minimum absolute atomic E-state index is 0.0158. The Labute approximate surface area is 239 Å². The van der Waals surface area contributed by atoms with Crippen LogP contribution in [0.5, 0.6) is 5.75 Å². The van der Waals surface area contributed by atoms with Crippen LogP contribution in [0.15, 0.2) is 47.1 Å². The topological polar surface area (TPSA) is 84.9 Å². The van der Waals surface area contributed by atoms with E-state index in [0.29, 0.717) is 30.8 Å². The number of rotatable bonds is 6. The lowest BCUT2D eigenvalue weighted by molar-refractivity contribution is 0.0214. The van der Waals surface area contributed by atoms with Crippen molar-refractivity contribution in [2.24, 2.45) is 0 Å². The number of benzene rings is 2. The van der Waals surface area contributed by atoms with Gasteiger partial charge in [0.05, 0.1) is 28.9 Å². The van der Waals surface area contributed by atoms with Crippen molar-refractivity contribution in [1.82, 2.24) is 14.9 Å². The normalized spacial score (nSPS) is 18.3. The summed E-state index contributed by atoms with van der Waals surface area (Å²) in [6, 6.07) is 8.84. The molecule has 8 nitrogen and oxygen atoms in total. The van der Waals surface area contributed by atoms with E-state index in [9.17, 15) is 14.0 Å². The number of Topliss-reactive ketones (excluding diaryl/α,β-unsaturated/α-hetero) is 1. The Morgan fingerprint density at radius 1 is 1.10 bits per heavy atom. The maximum absolute atomic E-state index is 15.6. The van der Waals surface area contributed by atoms with Crippen LogP contribution in [-0.4, -0.2) is 64.6 Å². The summed E-state index contributed by atoms with van der Waals surface area (Å²) >= 11 is 3.28. The third-order valence-corrected chi connectivity index (χ3v) is 7.63. The lowest BCUT2D eigenvalue weighted by atomic mass is 10.0. The molecule has 0 spiro atoms. The Hall–Kier alpha value is -3.60. The van der Waals surface area contributed by atoms with Crippen LogP contribution >= 0.6 is 15.9 Å². The van der Waals surface area contributed by atoms with Crippen molar-refractivity contribution in [2.45, 2.75) is 51.3 Å². The Bertz CT molecular complexity index is 1480. The van der Waals surface area contributed by atoms with E-state index in [1.165, 1.54) is 31.5 Å². The van der Waals surface area contributed by atoms with Gasteiger partial charge in [-0.2, -0.15) is 0 Å². The second kappa shape index (κ2) is 10.8. The van der Waals surface area contributed by atoms with Crippen molar-refractivity contribution in [2.75, 3.05) is 25.1 Å². The third kappa shape index (κ3) is 5.39. The van der Waals surface area contributed by atoms with Gasteiger partial charge in [-0.05, 0) is 73.0 Å². The number of ether oxygens (including phenoxy) is 2. The highest BCUT2D eigenvalue weighted by Gasteiger charge is 2.47. The maximum atomic E-state index is 15.6. The van der Waals surface area contributed by atoms with Crippen LogP contribution in [0.25, 0.3) is 11.4 Å². The van der Waals surface area contributed by atoms with Crippen molar-refractivity contribution in [3.05, 3.63) is 70.0 Å². The van der Waals surface area contributed by atoms with Gasteiger partial charge in [-0.25, -0.2) is 23.5 Å². The number of anilines is 1. The number of nitrogens with zero attached hydrogens (tertiary/aromatic N) is 4. The molecule has 2 atom stereocenters. The summed E-state index contributed by atoms with van der Waals surface area (Å²) in [5.74, 6) is -1.16. The predicted octanol–water partition coefficient (Wildman–Crippen LogP) is 5.82. The van der Waals surface area contributed by atoms with Crippen LogP contribution < -0.4 is 9.64 Å². The predicted molar refractivity (Wildman–Crippen MR) is 149 cm³/mol. The molecule has 5 rings (SSSR count). The van der Waals surface area contributed by atoms with Gasteiger partial charge in [-0.1, -0.05) is 12.1 Å². The largest absolute Gasteiger partial charge is 0.496 e. The molecular formula is C29H29BrF2N4O4. The number of hydrogen-bond donors (Lipinski definition) is 0. The van der Waals surface area contributed by atoms with Crippen LogP contribution in [0.1, 0.15) is 43.2 Å². The first-order valence-corrected chi connectivity index (χ1v) is 13.7. The van der Waals surface area contributed by atoms with Gasteiger partial charge < -0.3 is 19.3 Å². The Morgan fingerprint density at radius 3 is 2.55 bits per heavy atom. The van der Waals surface area contributed by atoms with Crippen LogP contribution in [0.2, 0.25) is 0 Å². The van der Waals surface area contributed by atoms with E-state index in [1.54, 1.807) is 23.1 Å². The van der Waals surface area contributed by atoms with E-state index in [1.807, 2.05) is 25.7 Å². The van der Waals surface area contributed by atoms with E-state index in [-0.39, 0.29) is 57.7 Å². The number of likely N-dealkylation sites (tertiary alicyclic amines) is 1. The zero-order valence-electron chi connectivity index (χ0n) is 22.6. The molecule has 0 radical (unpaired) electrons. The summed E-state index contributed by atoms with van der Waals surface area (Å²) in [5, 5.41) is 0. The van der Waals surface area contributed by atoms with Crippen LogP contribution in [0, 0.1) is 11.6 Å². The number of ketones is 1. The maximum Gasteiger partial charge on any atom is 0.410 e. The Morgan fingerprint density at radius 2 is 1.88 bits per heavy atom. The molecule has 0 saturated carbocycles. The van der Waals surface area contributed by atoms with Crippen molar-refractivity contribution in [3.63, 3.8) is 0 Å². The first-order chi connectivity index (χ1) is 19.0. The van der Waals surface area contributed by atoms with E-state index in [4.69, 9.17) is 9.47 Å². The number of halogens is 3. The molecule has 3 heterocycles. The molecule has 1 aromatic heterocycles. The van der Waals surface area contributed by atoms with Gasteiger partial charge in [0.15, 0.2) is 17.4 Å². The lowest BCUT2D eigenvalue weighted by Crippen LogP contribution is -2.50. The molecule has 0 N–H and O–H groups in total. The lowest BCUT2D eigenvalue weighted by Gasteiger charge is -2.37. The SMILES string of the molecule is COc1cccc(F)c1-c1nccc(C(=O)Cc2ccc(Br)c(F)c2N2C[C@@H]3C[C@H]2CN3C(=O)OC(C)(C)C)n1. The number of carbonyl (C=O) groups is 2. The van der Waals surface area contributed by atoms with Crippen LogP contribution in [0.4, 0.5) is 19.3 Å². The Kier molecular flexibility index (Phi) is 7.52. The fourth-order valence-electron chi connectivity index (χ4n) is 5.31. The number of fused-ring (bicyclic) bond motifs is 2. The molecular weight excluding hydrogens is 586 g/mol. The smallest absolute Gasteiger partial charge is 0.410 e. The molecule has 2 saturated heterocycles. The molecule has 11 heteroatoms. The van der Waals surface area contributed by atoms with Gasteiger partial charge in [0.1, 0.15) is 22.9 Å². The highest BCUT2D eigenvalue weighted by atomic mass is 79.9. The fourth-order valence-corrected chi connectivity index (χ4v) is 5.63. The van der Waals surface area contributed by atoms with Gasteiger partial charge in [0, 0.05) is 31.7 Å². The van der Waals surface area contributed by atoms with E-state index in [2.05, 4.69) is 25.9 Å². The zero-order valence-corrected chi connectivity index (χ0v) is 24.2. The molecule has 3 aromatic rings. The summed E-state index contributed by atoms with van der Waals surface area (Å²) < 4.78 is 41.3. The van der Waals surface area contributed by atoms with Gasteiger partial charge in [-0.15, -0.1) is 0 Å². The molecule has 210 valence electrons. The third-order valence-electron chi connectivity index (χ3n) is 7.02. The molecule has 2 aromatic carbocycles. The standard InChI is InChI=1S/C29H29BrF2N4O4/c1-29(2,3)40-28(38)36-15-17-13-18(36)14-35(17)26-16(8-9-19(30)25(26)32)12-22(37)21-10-11-33-27(34-21)24-20(31)6-5-7-23(24)39-4/h5-11,17-18H,12-15H2,1-4H3/t17-,18-/m0/s1. The van der Waals surface area contributed by atoms with Crippen molar-refractivity contribution in [3.8, 4) is 17.1 Å². The molecule has 2 aliphatic heterocycles. The minimum atomic E-state index is -0.610.